The number of ether oxygens (including phenoxy) is 1. The zero-order valence-electron chi connectivity index (χ0n) is 14.8. The number of rotatable bonds is 4. The van der Waals surface area contributed by atoms with Gasteiger partial charge in [-0.1, -0.05) is 11.6 Å². The summed E-state index contributed by atoms with van der Waals surface area (Å²) in [5.41, 5.74) is 8.68. The second-order valence-electron chi connectivity index (χ2n) is 6.33. The van der Waals surface area contributed by atoms with E-state index in [9.17, 15) is 4.79 Å². The molecule has 0 amide bonds. The number of nitrogens with zero attached hydrogens (tertiary/aromatic N) is 3. The first-order valence-corrected chi connectivity index (χ1v) is 8.83. The van der Waals surface area contributed by atoms with Gasteiger partial charge in [0, 0.05) is 23.8 Å². The number of carbonyl (C=O) groups is 1. The quantitative estimate of drug-likeness (QED) is 0.792. The number of anilines is 4. The van der Waals surface area contributed by atoms with E-state index in [0.717, 1.165) is 24.1 Å². The van der Waals surface area contributed by atoms with Gasteiger partial charge in [0.05, 0.1) is 13.0 Å². The van der Waals surface area contributed by atoms with Gasteiger partial charge in [-0.15, -0.1) is 0 Å². The second-order valence-corrected chi connectivity index (χ2v) is 6.76. The summed E-state index contributed by atoms with van der Waals surface area (Å²) in [5.74, 6) is 1.02. The van der Waals surface area contributed by atoms with Crippen LogP contribution < -0.4 is 16.0 Å². The Morgan fingerprint density at radius 1 is 1.35 bits per heavy atom. The molecular weight excluding hydrogens is 354 g/mol. The van der Waals surface area contributed by atoms with Crippen molar-refractivity contribution in [3.63, 3.8) is 0 Å². The lowest BCUT2D eigenvalue weighted by Crippen LogP contribution is -2.37. The molecule has 26 heavy (non-hydrogen) atoms. The molecule has 1 aliphatic heterocycles. The third-order valence-electron chi connectivity index (χ3n) is 4.63. The van der Waals surface area contributed by atoms with E-state index in [1.54, 1.807) is 0 Å². The average Bonchev–Trinajstić information content (AvgIpc) is 2.65. The third kappa shape index (κ3) is 3.83. The molecule has 0 unspecified atom stereocenters. The van der Waals surface area contributed by atoms with Gasteiger partial charge in [0.1, 0.15) is 12.0 Å². The summed E-state index contributed by atoms with van der Waals surface area (Å²) in [6.45, 7) is 3.35. The SMILES string of the molecule is COC(=O)C1CCN(c2ncnc(Nc3ccc(Cl)cc3C)c2N)CC1. The first-order valence-electron chi connectivity index (χ1n) is 8.46. The number of aromatic nitrogens is 2. The van der Waals surface area contributed by atoms with Crippen LogP contribution >= 0.6 is 11.6 Å². The Kier molecular flexibility index (Phi) is 5.46. The number of hydrogen-bond donors (Lipinski definition) is 2. The molecule has 2 heterocycles. The molecule has 138 valence electrons. The van der Waals surface area contributed by atoms with E-state index in [0.29, 0.717) is 35.4 Å². The van der Waals surface area contributed by atoms with Gasteiger partial charge in [-0.3, -0.25) is 4.79 Å². The van der Waals surface area contributed by atoms with Crippen LogP contribution in [0.1, 0.15) is 18.4 Å². The summed E-state index contributed by atoms with van der Waals surface area (Å²) in [5, 5.41) is 3.93. The van der Waals surface area contributed by atoms with Crippen LogP contribution in [0.15, 0.2) is 24.5 Å². The van der Waals surface area contributed by atoms with Gasteiger partial charge in [-0.2, -0.15) is 0 Å². The molecule has 1 saturated heterocycles. The van der Waals surface area contributed by atoms with E-state index in [-0.39, 0.29) is 11.9 Å². The molecule has 3 N–H and O–H groups in total. The van der Waals surface area contributed by atoms with E-state index in [4.69, 9.17) is 22.1 Å². The van der Waals surface area contributed by atoms with Crippen molar-refractivity contribution >= 4 is 40.6 Å². The maximum Gasteiger partial charge on any atom is 0.308 e. The molecule has 7 nitrogen and oxygen atoms in total. The van der Waals surface area contributed by atoms with Crippen molar-refractivity contribution in [2.45, 2.75) is 19.8 Å². The standard InChI is InChI=1S/C18H22ClN5O2/c1-11-9-13(19)3-4-14(11)23-16-15(20)17(22-10-21-16)24-7-5-12(6-8-24)18(25)26-2/h3-4,9-10,12H,5-8,20H2,1-2H3,(H,21,22,23). The maximum atomic E-state index is 11.7. The highest BCUT2D eigenvalue weighted by Gasteiger charge is 2.27. The fourth-order valence-electron chi connectivity index (χ4n) is 3.13. The van der Waals surface area contributed by atoms with Gasteiger partial charge in [-0.25, -0.2) is 9.97 Å². The smallest absolute Gasteiger partial charge is 0.308 e. The third-order valence-corrected chi connectivity index (χ3v) is 4.87. The molecule has 3 rings (SSSR count). The van der Waals surface area contributed by atoms with Crippen LogP contribution in [0.3, 0.4) is 0 Å². The number of nitrogen functional groups attached to an aromatic ring is 1. The van der Waals surface area contributed by atoms with Crippen LogP contribution in [0.4, 0.5) is 23.0 Å². The lowest BCUT2D eigenvalue weighted by Gasteiger charge is -2.32. The number of methoxy groups -OCH3 is 1. The molecule has 8 heteroatoms. The minimum Gasteiger partial charge on any atom is -0.469 e. The van der Waals surface area contributed by atoms with Crippen LogP contribution in [0.5, 0.6) is 0 Å². The summed E-state index contributed by atoms with van der Waals surface area (Å²) < 4.78 is 4.83. The zero-order chi connectivity index (χ0) is 18.7. The number of nitrogens with two attached hydrogens (primary N) is 1. The highest BCUT2D eigenvalue weighted by atomic mass is 35.5. The van der Waals surface area contributed by atoms with Crippen LogP contribution in [0.2, 0.25) is 5.02 Å². The minimum absolute atomic E-state index is 0.0615. The molecule has 0 spiro atoms. The van der Waals surface area contributed by atoms with Crippen LogP contribution in [0.25, 0.3) is 0 Å². The number of halogens is 1. The molecule has 1 aliphatic rings. The van der Waals surface area contributed by atoms with Gasteiger partial charge in [0.2, 0.25) is 0 Å². The monoisotopic (exact) mass is 375 g/mol. The topological polar surface area (TPSA) is 93.4 Å². The van der Waals surface area contributed by atoms with E-state index in [1.165, 1.54) is 13.4 Å². The van der Waals surface area contributed by atoms with Crippen molar-refractivity contribution < 1.29 is 9.53 Å². The summed E-state index contributed by atoms with van der Waals surface area (Å²) in [6, 6.07) is 5.58. The molecule has 0 radical (unpaired) electrons. The molecule has 2 aromatic rings. The van der Waals surface area contributed by atoms with Crippen molar-refractivity contribution in [3.8, 4) is 0 Å². The van der Waals surface area contributed by atoms with Crippen molar-refractivity contribution in [3.05, 3.63) is 35.1 Å². The van der Waals surface area contributed by atoms with Gasteiger partial charge < -0.3 is 20.7 Å². The molecule has 1 fully saturated rings. The van der Waals surface area contributed by atoms with Crippen LogP contribution in [-0.4, -0.2) is 36.1 Å². The van der Waals surface area contributed by atoms with Crippen LogP contribution in [-0.2, 0) is 9.53 Å². The molecule has 0 bridgehead atoms. The molecule has 1 aromatic heterocycles. The Hall–Kier alpha value is -2.54. The number of esters is 1. The maximum absolute atomic E-state index is 11.7. The number of piperidine rings is 1. The Labute approximate surface area is 157 Å². The summed E-state index contributed by atoms with van der Waals surface area (Å²) in [4.78, 5) is 22.4. The van der Waals surface area contributed by atoms with Crippen molar-refractivity contribution in [2.24, 2.45) is 5.92 Å². The number of carbonyl (C=O) groups excluding carboxylic acids is 1. The summed E-state index contributed by atoms with van der Waals surface area (Å²) in [7, 11) is 1.42. The summed E-state index contributed by atoms with van der Waals surface area (Å²) in [6.07, 6.45) is 2.93. The molecule has 0 atom stereocenters. The van der Waals surface area contributed by atoms with Gasteiger partial charge >= 0.3 is 5.97 Å². The number of aryl methyl sites for hydroxylation is 1. The Balaban J connectivity index is 1.76. The fraction of sp³-hybridized carbons (Fsp3) is 0.389. The number of nitrogens with one attached hydrogen (secondary N) is 1. The van der Waals surface area contributed by atoms with Gasteiger partial charge in [0.25, 0.3) is 0 Å². The van der Waals surface area contributed by atoms with E-state index < -0.39 is 0 Å². The first-order chi connectivity index (χ1) is 12.5. The largest absolute Gasteiger partial charge is 0.469 e. The Bertz CT molecular complexity index is 806. The van der Waals surface area contributed by atoms with Crippen molar-refractivity contribution in [1.82, 2.24) is 9.97 Å². The normalized spacial score (nSPS) is 15.0. The summed E-state index contributed by atoms with van der Waals surface area (Å²) >= 11 is 6.00. The molecule has 1 aromatic carbocycles. The van der Waals surface area contributed by atoms with Crippen molar-refractivity contribution in [2.75, 3.05) is 36.1 Å². The average molecular weight is 376 g/mol. The predicted molar refractivity (Wildman–Crippen MR) is 103 cm³/mol. The zero-order valence-corrected chi connectivity index (χ0v) is 15.6. The Morgan fingerprint density at radius 2 is 2.08 bits per heavy atom. The molecule has 0 aliphatic carbocycles. The van der Waals surface area contributed by atoms with E-state index in [1.807, 2.05) is 25.1 Å². The lowest BCUT2D eigenvalue weighted by molar-refractivity contribution is -0.146. The van der Waals surface area contributed by atoms with Gasteiger partial charge in [-0.05, 0) is 43.5 Å². The predicted octanol–water partition coefficient (Wildman–Crippen LogP) is 3.15. The molecule has 0 saturated carbocycles. The molecular formula is C18H22ClN5O2. The van der Waals surface area contributed by atoms with Gasteiger partial charge in [0.15, 0.2) is 11.6 Å². The Morgan fingerprint density at radius 3 is 2.73 bits per heavy atom. The fourth-order valence-corrected chi connectivity index (χ4v) is 3.35. The number of hydrogen-bond acceptors (Lipinski definition) is 7. The van der Waals surface area contributed by atoms with E-state index >= 15 is 0 Å². The van der Waals surface area contributed by atoms with E-state index in [2.05, 4.69) is 20.2 Å². The lowest BCUT2D eigenvalue weighted by atomic mass is 9.97. The first kappa shape index (κ1) is 18.3. The minimum atomic E-state index is -0.152. The van der Waals surface area contributed by atoms with Crippen molar-refractivity contribution in [1.29, 1.82) is 0 Å². The number of benzene rings is 1. The highest BCUT2D eigenvalue weighted by molar-refractivity contribution is 6.30. The highest BCUT2D eigenvalue weighted by Crippen LogP contribution is 2.32. The van der Waals surface area contributed by atoms with Crippen LogP contribution in [0, 0.1) is 12.8 Å². The second kappa shape index (κ2) is 7.78.